The van der Waals surface area contributed by atoms with Crippen LogP contribution in [0.15, 0.2) is 0 Å². The lowest BCUT2D eigenvalue weighted by atomic mass is 10.5. The van der Waals surface area contributed by atoms with Crippen LogP contribution in [-0.4, -0.2) is 41.7 Å². The quantitative estimate of drug-likeness (QED) is 0.428. The van der Waals surface area contributed by atoms with Gasteiger partial charge in [-0.1, -0.05) is 23.2 Å². The van der Waals surface area contributed by atoms with E-state index in [9.17, 15) is 0 Å². The molecule has 0 unspecified atom stereocenters. The van der Waals surface area contributed by atoms with Gasteiger partial charge in [0, 0.05) is 7.11 Å². The van der Waals surface area contributed by atoms with Gasteiger partial charge in [-0.05, 0) is 23.2 Å². The molecule has 0 spiro atoms. The maximum Gasteiger partial charge on any atom is 0.309 e. The van der Waals surface area contributed by atoms with E-state index in [1.54, 1.807) is 21.1 Å². The molecule has 0 aromatic heterocycles. The van der Waals surface area contributed by atoms with Crippen molar-refractivity contribution in [1.82, 2.24) is 0 Å². The van der Waals surface area contributed by atoms with E-state index in [2.05, 4.69) is 0 Å². The van der Waals surface area contributed by atoms with Crippen molar-refractivity contribution in [3.05, 3.63) is 0 Å². The summed E-state index contributed by atoms with van der Waals surface area (Å²) < 4.78 is 1.89. The number of halogens is 4. The number of nitrogens with zero attached hydrogens (tertiary/aromatic N) is 1. The number of methoxy groups -OCH3 is 1. The van der Waals surface area contributed by atoms with Gasteiger partial charge >= 0.3 is 8.98 Å². The SMILES string of the molecule is COC(Cl)(Cl)C(Cl)(Cl)[N+](C)(C)C. The largest absolute Gasteiger partial charge is 0.343 e. The molecule has 6 heteroatoms. The van der Waals surface area contributed by atoms with E-state index in [0.717, 1.165) is 0 Å². The molecule has 0 saturated carbocycles. The Hall–Kier alpha value is 1.08. The zero-order valence-corrected chi connectivity index (χ0v) is 10.4. The average Bonchev–Trinajstić information content (AvgIpc) is 1.85. The predicted octanol–water partition coefficient (Wildman–Crippen LogP) is 2.60. The van der Waals surface area contributed by atoms with Crippen LogP contribution in [0.4, 0.5) is 0 Å². The smallest absolute Gasteiger partial charge is 0.309 e. The van der Waals surface area contributed by atoms with Crippen molar-refractivity contribution in [3.8, 4) is 0 Å². The lowest BCUT2D eigenvalue weighted by Crippen LogP contribution is -2.59. The van der Waals surface area contributed by atoms with Crippen LogP contribution in [0.3, 0.4) is 0 Å². The summed E-state index contributed by atoms with van der Waals surface area (Å²) in [6.45, 7) is 0. The van der Waals surface area contributed by atoms with Crippen LogP contribution in [0.1, 0.15) is 0 Å². The van der Waals surface area contributed by atoms with Crippen molar-refractivity contribution in [2.45, 2.75) is 8.98 Å². The minimum Gasteiger partial charge on any atom is -0.343 e. The number of quaternary nitrogens is 1. The molecule has 74 valence electrons. The summed E-state index contributed by atoms with van der Waals surface area (Å²) in [5.41, 5.74) is 0. The van der Waals surface area contributed by atoms with Gasteiger partial charge in [0.15, 0.2) is 0 Å². The summed E-state index contributed by atoms with van der Waals surface area (Å²) >= 11 is 23.4. The number of rotatable bonds is 3. The molecular weight excluding hydrogens is 244 g/mol. The Morgan fingerprint density at radius 1 is 1.00 bits per heavy atom. The fourth-order valence-electron chi connectivity index (χ4n) is 0.513. The van der Waals surface area contributed by atoms with Crippen LogP contribution in [-0.2, 0) is 4.74 Å². The second-order valence-electron chi connectivity index (χ2n) is 3.27. The Bertz CT molecular complexity index is 163. The molecule has 0 rings (SSSR count). The first-order valence-electron chi connectivity index (χ1n) is 3.18. The monoisotopic (exact) mass is 254 g/mol. The summed E-state index contributed by atoms with van der Waals surface area (Å²) in [5, 5.41) is 0. The van der Waals surface area contributed by atoms with Gasteiger partial charge in [-0.15, -0.1) is 0 Å². The molecule has 0 aromatic carbocycles. The fraction of sp³-hybridized carbons (Fsp3) is 1.00. The van der Waals surface area contributed by atoms with Crippen molar-refractivity contribution in [2.75, 3.05) is 28.3 Å². The normalized spacial score (nSPS) is 15.0. The number of hydrogen-bond donors (Lipinski definition) is 0. The van der Waals surface area contributed by atoms with Gasteiger partial charge in [0.05, 0.1) is 21.1 Å². The minimum absolute atomic E-state index is 0.164. The number of likely N-dealkylation sites (N-methyl/N-ethyl adjacent to an activating group) is 1. The van der Waals surface area contributed by atoms with Crippen LogP contribution >= 0.6 is 46.4 Å². The molecular formula is C6H12Cl4NO+. The lowest BCUT2D eigenvalue weighted by molar-refractivity contribution is -0.897. The van der Waals surface area contributed by atoms with Gasteiger partial charge in [-0.3, -0.25) is 4.48 Å². The Kier molecular flexibility index (Phi) is 4.01. The Morgan fingerprint density at radius 2 is 1.33 bits per heavy atom. The lowest BCUT2D eigenvalue weighted by Gasteiger charge is -2.41. The van der Waals surface area contributed by atoms with E-state index < -0.39 is 8.98 Å². The van der Waals surface area contributed by atoms with E-state index in [1.807, 2.05) is 0 Å². The highest BCUT2D eigenvalue weighted by Crippen LogP contribution is 2.46. The van der Waals surface area contributed by atoms with Crippen LogP contribution < -0.4 is 0 Å². The molecule has 0 aliphatic rings. The second kappa shape index (κ2) is 3.68. The van der Waals surface area contributed by atoms with Gasteiger partial charge in [-0.2, -0.15) is 0 Å². The van der Waals surface area contributed by atoms with Crippen molar-refractivity contribution in [2.24, 2.45) is 0 Å². The van der Waals surface area contributed by atoms with E-state index >= 15 is 0 Å². The van der Waals surface area contributed by atoms with E-state index in [4.69, 9.17) is 51.1 Å². The highest BCUT2D eigenvalue weighted by molar-refractivity contribution is 6.60. The first-order chi connectivity index (χ1) is 5.06. The van der Waals surface area contributed by atoms with Gasteiger partial charge < -0.3 is 4.74 Å². The highest BCUT2D eigenvalue weighted by atomic mass is 35.5. The molecule has 2 nitrogen and oxygen atoms in total. The zero-order valence-electron chi connectivity index (χ0n) is 7.37. The number of hydrogen-bond acceptors (Lipinski definition) is 1. The number of ether oxygens (including phenoxy) is 1. The van der Waals surface area contributed by atoms with Crippen LogP contribution in [0.5, 0.6) is 0 Å². The maximum absolute atomic E-state index is 5.95. The molecule has 0 radical (unpaired) electrons. The van der Waals surface area contributed by atoms with Crippen LogP contribution in [0.25, 0.3) is 0 Å². The van der Waals surface area contributed by atoms with Crippen molar-refractivity contribution in [3.63, 3.8) is 0 Å². The zero-order chi connectivity index (χ0) is 10.2. The van der Waals surface area contributed by atoms with Crippen molar-refractivity contribution < 1.29 is 9.22 Å². The van der Waals surface area contributed by atoms with Crippen molar-refractivity contribution in [1.29, 1.82) is 0 Å². The Morgan fingerprint density at radius 3 is 1.42 bits per heavy atom. The van der Waals surface area contributed by atoms with Gasteiger partial charge in [-0.25, -0.2) is 0 Å². The molecule has 0 N–H and O–H groups in total. The molecule has 0 aromatic rings. The highest BCUT2D eigenvalue weighted by Gasteiger charge is 2.58. The van der Waals surface area contributed by atoms with E-state index in [0.29, 0.717) is 0 Å². The fourth-order valence-corrected chi connectivity index (χ4v) is 1.17. The third-order valence-electron chi connectivity index (χ3n) is 1.45. The summed E-state index contributed by atoms with van der Waals surface area (Å²) in [5.74, 6) is 0. The third kappa shape index (κ3) is 2.31. The molecule has 0 saturated heterocycles. The van der Waals surface area contributed by atoms with Crippen LogP contribution in [0, 0.1) is 0 Å². The summed E-state index contributed by atoms with van der Waals surface area (Å²) in [4.78, 5) is 0. The van der Waals surface area contributed by atoms with Crippen molar-refractivity contribution >= 4 is 46.4 Å². The van der Waals surface area contributed by atoms with E-state index in [1.165, 1.54) is 7.11 Å². The predicted molar refractivity (Wildman–Crippen MR) is 53.9 cm³/mol. The molecule has 0 bridgehead atoms. The molecule has 0 atom stereocenters. The second-order valence-corrected chi connectivity index (χ2v) is 5.82. The third-order valence-corrected chi connectivity index (χ3v) is 4.24. The Balaban J connectivity index is 4.85. The van der Waals surface area contributed by atoms with Gasteiger partial charge in [0.2, 0.25) is 0 Å². The summed E-state index contributed by atoms with van der Waals surface area (Å²) in [6.07, 6.45) is 0. The molecule has 0 aliphatic heterocycles. The molecule has 0 heterocycles. The van der Waals surface area contributed by atoms with Crippen LogP contribution in [0.2, 0.25) is 0 Å². The summed E-state index contributed by atoms with van der Waals surface area (Å²) in [7, 11) is 6.63. The molecule has 12 heavy (non-hydrogen) atoms. The molecule has 0 aliphatic carbocycles. The van der Waals surface area contributed by atoms with Gasteiger partial charge in [0.25, 0.3) is 0 Å². The summed E-state index contributed by atoms with van der Waals surface area (Å²) in [6, 6.07) is 0. The maximum atomic E-state index is 5.95. The minimum atomic E-state index is -1.63. The van der Waals surface area contributed by atoms with E-state index in [-0.39, 0.29) is 4.48 Å². The van der Waals surface area contributed by atoms with Gasteiger partial charge in [0.1, 0.15) is 0 Å². The Labute approximate surface area is 92.9 Å². The standard InChI is InChI=1S/C6H12Cl4NO/c1-11(2,3)5(7,8)6(9,10)12-4/h1-4H3/q+1. The number of alkyl halides is 4. The topological polar surface area (TPSA) is 9.23 Å². The molecule has 0 fully saturated rings. The molecule has 0 amide bonds. The first-order valence-corrected chi connectivity index (χ1v) is 4.70. The first kappa shape index (κ1) is 13.1. The average molecular weight is 256 g/mol.